The summed E-state index contributed by atoms with van der Waals surface area (Å²) in [6, 6.07) is 15.9. The molecule has 2 atom stereocenters. The van der Waals surface area contributed by atoms with E-state index < -0.39 is 0 Å². The molecule has 0 radical (unpaired) electrons. The Bertz CT molecular complexity index is 931. The first-order valence-corrected chi connectivity index (χ1v) is 8.88. The van der Waals surface area contributed by atoms with Gasteiger partial charge >= 0.3 is 0 Å². The average molecular weight is 402 g/mol. The number of carbonyl (C=O) groups is 1. The Kier molecular flexibility index (Phi) is 6.06. The van der Waals surface area contributed by atoms with E-state index in [0.717, 1.165) is 0 Å². The van der Waals surface area contributed by atoms with E-state index in [4.69, 9.17) is 5.73 Å². The maximum Gasteiger partial charge on any atom is 0.276 e. The Hall–Kier alpha value is -2.77. The number of rotatable bonds is 4. The number of likely N-dealkylation sites (tertiary alicyclic amines) is 1. The van der Waals surface area contributed by atoms with E-state index in [0.29, 0.717) is 25.3 Å². The van der Waals surface area contributed by atoms with Gasteiger partial charge in [0.2, 0.25) is 0 Å². The second kappa shape index (κ2) is 8.50. The number of amides is 1. The smallest absolute Gasteiger partial charge is 0.276 e. The van der Waals surface area contributed by atoms with Gasteiger partial charge in [-0.05, 0) is 42.3 Å². The number of hydrogen-bond donors (Lipinski definition) is 1. The molecule has 28 heavy (non-hydrogen) atoms. The number of aromatic nitrogens is 3. The minimum absolute atomic E-state index is 0. The summed E-state index contributed by atoms with van der Waals surface area (Å²) in [5.74, 6) is -0.0740. The number of nitrogens with two attached hydrogens (primary N) is 1. The molecule has 0 unspecified atom stereocenters. The van der Waals surface area contributed by atoms with Crippen LogP contribution in [0.2, 0.25) is 0 Å². The molecule has 146 valence electrons. The van der Waals surface area contributed by atoms with Crippen LogP contribution in [0.3, 0.4) is 0 Å². The lowest BCUT2D eigenvalue weighted by molar-refractivity contribution is 0.0780. The summed E-state index contributed by atoms with van der Waals surface area (Å²) in [5.41, 5.74) is 8.01. The highest BCUT2D eigenvalue weighted by molar-refractivity contribution is 5.92. The topological polar surface area (TPSA) is 77.0 Å². The van der Waals surface area contributed by atoms with Gasteiger partial charge in [-0.1, -0.05) is 30.3 Å². The third kappa shape index (κ3) is 3.90. The molecule has 0 bridgehead atoms. The highest BCUT2D eigenvalue weighted by Gasteiger charge is 2.36. The molecule has 8 heteroatoms. The summed E-state index contributed by atoms with van der Waals surface area (Å²) in [7, 11) is 0. The summed E-state index contributed by atoms with van der Waals surface area (Å²) < 4.78 is 13.1. The van der Waals surface area contributed by atoms with Crippen molar-refractivity contribution in [3.63, 3.8) is 0 Å². The lowest BCUT2D eigenvalue weighted by Gasteiger charge is -2.16. The van der Waals surface area contributed by atoms with Crippen molar-refractivity contribution in [3.05, 3.63) is 77.9 Å². The van der Waals surface area contributed by atoms with E-state index in [2.05, 4.69) is 22.3 Å². The van der Waals surface area contributed by atoms with Crippen LogP contribution in [0, 0.1) is 11.7 Å². The summed E-state index contributed by atoms with van der Waals surface area (Å²) in [6.45, 7) is 1.72. The Labute approximate surface area is 168 Å². The average Bonchev–Trinajstić information content (AvgIpc) is 3.36. The minimum Gasteiger partial charge on any atom is -0.336 e. The van der Waals surface area contributed by atoms with E-state index in [1.54, 1.807) is 17.0 Å². The zero-order valence-electron chi connectivity index (χ0n) is 15.1. The van der Waals surface area contributed by atoms with Gasteiger partial charge < -0.3 is 10.6 Å². The van der Waals surface area contributed by atoms with Gasteiger partial charge in [-0.15, -0.1) is 17.5 Å². The number of hydrogen-bond acceptors (Lipinski definition) is 4. The lowest BCUT2D eigenvalue weighted by atomic mass is 9.89. The van der Waals surface area contributed by atoms with Crippen LogP contribution in [0.5, 0.6) is 0 Å². The van der Waals surface area contributed by atoms with Crippen LogP contribution in [0.15, 0.2) is 60.8 Å². The van der Waals surface area contributed by atoms with Crippen LogP contribution in [0.4, 0.5) is 4.39 Å². The molecular formula is C20H21ClFN5O. The molecule has 1 aliphatic heterocycles. The van der Waals surface area contributed by atoms with Crippen LogP contribution >= 0.6 is 12.4 Å². The summed E-state index contributed by atoms with van der Waals surface area (Å²) in [4.78, 5) is 16.0. The molecule has 2 heterocycles. The fraction of sp³-hybridized carbons (Fsp3) is 0.250. The quantitative estimate of drug-likeness (QED) is 0.729. The molecule has 1 fully saturated rings. The molecule has 0 aliphatic carbocycles. The van der Waals surface area contributed by atoms with Gasteiger partial charge in [0.25, 0.3) is 5.91 Å². The van der Waals surface area contributed by atoms with Gasteiger partial charge in [0, 0.05) is 19.0 Å². The number of nitrogens with zero attached hydrogens (tertiary/aromatic N) is 4. The SMILES string of the molecule is Cl.NC[C@@H]1CN(C(=O)c2cnn(-c3ccc(F)cc3)n2)C[C@H]1c1ccccc1. The number of carbonyl (C=O) groups excluding carboxylic acids is 1. The van der Waals surface area contributed by atoms with Crippen molar-refractivity contribution < 1.29 is 9.18 Å². The zero-order chi connectivity index (χ0) is 18.8. The van der Waals surface area contributed by atoms with Crippen molar-refractivity contribution in [2.75, 3.05) is 19.6 Å². The van der Waals surface area contributed by atoms with Gasteiger partial charge in [-0.25, -0.2) is 4.39 Å². The van der Waals surface area contributed by atoms with Crippen molar-refractivity contribution in [2.45, 2.75) is 5.92 Å². The minimum atomic E-state index is -0.334. The van der Waals surface area contributed by atoms with Crippen molar-refractivity contribution in [1.29, 1.82) is 0 Å². The molecule has 1 aromatic heterocycles. The van der Waals surface area contributed by atoms with E-state index in [9.17, 15) is 9.18 Å². The molecule has 1 amide bonds. The van der Waals surface area contributed by atoms with Crippen LogP contribution < -0.4 is 5.73 Å². The van der Waals surface area contributed by atoms with Crippen LogP contribution in [0.1, 0.15) is 22.0 Å². The Morgan fingerprint density at radius 3 is 2.50 bits per heavy atom. The second-order valence-corrected chi connectivity index (χ2v) is 6.72. The summed E-state index contributed by atoms with van der Waals surface area (Å²) >= 11 is 0. The maximum atomic E-state index is 13.1. The van der Waals surface area contributed by atoms with Crippen LogP contribution in [-0.4, -0.2) is 45.4 Å². The first kappa shape index (κ1) is 20.0. The van der Waals surface area contributed by atoms with E-state index >= 15 is 0 Å². The molecule has 0 spiro atoms. The maximum absolute atomic E-state index is 13.1. The molecule has 6 nitrogen and oxygen atoms in total. The Morgan fingerprint density at radius 2 is 1.82 bits per heavy atom. The number of halogens is 2. The van der Waals surface area contributed by atoms with Crippen molar-refractivity contribution >= 4 is 18.3 Å². The molecule has 4 rings (SSSR count). The molecule has 0 saturated carbocycles. The monoisotopic (exact) mass is 401 g/mol. The van der Waals surface area contributed by atoms with Gasteiger partial charge in [0.15, 0.2) is 5.69 Å². The number of benzene rings is 2. The molecule has 2 aromatic carbocycles. The third-order valence-corrected chi connectivity index (χ3v) is 5.03. The largest absolute Gasteiger partial charge is 0.336 e. The molecular weight excluding hydrogens is 381 g/mol. The summed E-state index contributed by atoms with van der Waals surface area (Å²) in [5, 5.41) is 8.40. The van der Waals surface area contributed by atoms with Gasteiger partial charge in [-0.3, -0.25) is 4.79 Å². The molecule has 2 N–H and O–H groups in total. The van der Waals surface area contributed by atoms with Crippen molar-refractivity contribution in [2.24, 2.45) is 11.7 Å². The first-order chi connectivity index (χ1) is 13.2. The van der Waals surface area contributed by atoms with E-state index in [-0.39, 0.29) is 41.7 Å². The standard InChI is InChI=1S/C20H20FN5O.ClH/c21-16-6-8-17(9-7-16)26-23-11-19(24-26)20(27)25-12-15(10-22)18(13-25)14-4-2-1-3-5-14;/h1-9,11,15,18H,10,12-13,22H2;1H/t15-,18+;/m1./s1. The molecule has 3 aromatic rings. The van der Waals surface area contributed by atoms with Gasteiger partial charge in [0.05, 0.1) is 11.9 Å². The predicted octanol–water partition coefficient (Wildman–Crippen LogP) is 2.64. The molecule has 1 aliphatic rings. The summed E-state index contributed by atoms with van der Waals surface area (Å²) in [6.07, 6.45) is 1.44. The third-order valence-electron chi connectivity index (χ3n) is 5.03. The Balaban J connectivity index is 0.00000225. The first-order valence-electron chi connectivity index (χ1n) is 8.88. The van der Waals surface area contributed by atoms with Crippen molar-refractivity contribution in [1.82, 2.24) is 19.9 Å². The highest BCUT2D eigenvalue weighted by atomic mass is 35.5. The van der Waals surface area contributed by atoms with E-state index in [1.165, 1.54) is 28.7 Å². The van der Waals surface area contributed by atoms with E-state index in [1.807, 2.05) is 18.2 Å². The molecule has 1 saturated heterocycles. The Morgan fingerprint density at radius 1 is 1.11 bits per heavy atom. The lowest BCUT2D eigenvalue weighted by Crippen LogP contribution is -2.30. The van der Waals surface area contributed by atoms with Crippen LogP contribution in [-0.2, 0) is 0 Å². The van der Waals surface area contributed by atoms with Gasteiger partial charge in [-0.2, -0.15) is 9.90 Å². The fourth-order valence-electron chi connectivity index (χ4n) is 3.58. The normalized spacial score (nSPS) is 18.7. The van der Waals surface area contributed by atoms with Crippen molar-refractivity contribution in [3.8, 4) is 5.69 Å². The van der Waals surface area contributed by atoms with Crippen LogP contribution in [0.25, 0.3) is 5.69 Å². The zero-order valence-corrected chi connectivity index (χ0v) is 15.9. The fourth-order valence-corrected chi connectivity index (χ4v) is 3.58. The van der Waals surface area contributed by atoms with Gasteiger partial charge in [0.1, 0.15) is 5.82 Å². The second-order valence-electron chi connectivity index (χ2n) is 6.72. The predicted molar refractivity (Wildman–Crippen MR) is 106 cm³/mol. The highest BCUT2D eigenvalue weighted by Crippen LogP contribution is 2.32.